The van der Waals surface area contributed by atoms with Gasteiger partial charge in [0, 0.05) is 0 Å². The summed E-state index contributed by atoms with van der Waals surface area (Å²) < 4.78 is 5.38. The van der Waals surface area contributed by atoms with Crippen LogP contribution in [0.3, 0.4) is 0 Å². The number of rotatable bonds is 5. The summed E-state index contributed by atoms with van der Waals surface area (Å²) >= 11 is 0. The minimum absolute atomic E-state index is 0.188. The molecule has 0 aliphatic rings. The first-order valence-corrected chi connectivity index (χ1v) is 6.85. The second-order valence-electron chi connectivity index (χ2n) is 4.97. The lowest BCUT2D eigenvalue weighted by molar-refractivity contribution is -0.150. The minimum Gasteiger partial charge on any atom is -0.508 e. The molecule has 110 valence electrons. The lowest BCUT2D eigenvalue weighted by atomic mass is 10.1. The Morgan fingerprint density at radius 3 is 2.38 bits per heavy atom. The number of benzene rings is 2. The summed E-state index contributed by atoms with van der Waals surface area (Å²) in [6.07, 6.45) is 0.0465. The van der Waals surface area contributed by atoms with Crippen molar-refractivity contribution in [3.05, 3.63) is 65.7 Å². The maximum Gasteiger partial charge on any atom is 0.323 e. The maximum absolute atomic E-state index is 12.0. The molecule has 0 bridgehead atoms. The van der Waals surface area contributed by atoms with Gasteiger partial charge in [0.15, 0.2) is 0 Å². The molecule has 0 heterocycles. The average molecular weight is 285 g/mol. The van der Waals surface area contributed by atoms with Gasteiger partial charge in [-0.1, -0.05) is 42.5 Å². The van der Waals surface area contributed by atoms with Crippen molar-refractivity contribution >= 4 is 5.97 Å². The zero-order valence-electron chi connectivity index (χ0n) is 11.9. The highest BCUT2D eigenvalue weighted by molar-refractivity contribution is 5.76. The molecule has 2 aromatic carbocycles. The third-order valence-corrected chi connectivity index (χ3v) is 3.26. The number of aromatic hydroxyl groups is 1. The molecular formula is C17H19NO3. The standard InChI is InChI=1S/C17H19NO3/c1-12(14-5-3-2-4-6-14)21-17(20)16(18)11-13-7-9-15(19)10-8-13/h2-10,12,16,19H,11,18H2,1H3. The lowest BCUT2D eigenvalue weighted by Gasteiger charge is -2.17. The van der Waals surface area contributed by atoms with E-state index in [-0.39, 0.29) is 11.9 Å². The van der Waals surface area contributed by atoms with Gasteiger partial charge in [0.05, 0.1) is 0 Å². The number of phenolic OH excluding ortho intramolecular Hbond substituents is 1. The minimum atomic E-state index is -0.722. The van der Waals surface area contributed by atoms with Crippen LogP contribution in [0.5, 0.6) is 5.75 Å². The SMILES string of the molecule is CC(OC(=O)C(N)Cc1ccc(O)cc1)c1ccccc1. The van der Waals surface area contributed by atoms with Gasteiger partial charge in [0.1, 0.15) is 17.9 Å². The molecule has 2 unspecified atom stereocenters. The molecule has 2 rings (SSSR count). The molecule has 0 saturated carbocycles. The Morgan fingerprint density at radius 1 is 1.14 bits per heavy atom. The van der Waals surface area contributed by atoms with E-state index in [1.165, 1.54) is 0 Å². The van der Waals surface area contributed by atoms with E-state index in [1.54, 1.807) is 24.3 Å². The van der Waals surface area contributed by atoms with Crippen LogP contribution >= 0.6 is 0 Å². The molecule has 0 aliphatic carbocycles. The van der Waals surface area contributed by atoms with E-state index in [0.717, 1.165) is 11.1 Å². The molecule has 0 amide bonds. The lowest BCUT2D eigenvalue weighted by Crippen LogP contribution is -2.34. The van der Waals surface area contributed by atoms with Crippen molar-refractivity contribution in [2.75, 3.05) is 0 Å². The molecule has 0 saturated heterocycles. The van der Waals surface area contributed by atoms with Crippen LogP contribution in [0.15, 0.2) is 54.6 Å². The zero-order valence-corrected chi connectivity index (χ0v) is 11.9. The summed E-state index contributed by atoms with van der Waals surface area (Å²) in [5.41, 5.74) is 7.69. The molecule has 0 radical (unpaired) electrons. The van der Waals surface area contributed by atoms with Crippen LogP contribution in [0.4, 0.5) is 0 Å². The summed E-state index contributed by atoms with van der Waals surface area (Å²) in [7, 11) is 0. The highest BCUT2D eigenvalue weighted by Crippen LogP contribution is 2.17. The predicted molar refractivity (Wildman–Crippen MR) is 80.7 cm³/mol. The molecule has 3 N–H and O–H groups in total. The van der Waals surface area contributed by atoms with Crippen LogP contribution in [0.25, 0.3) is 0 Å². The topological polar surface area (TPSA) is 72.5 Å². The monoisotopic (exact) mass is 285 g/mol. The first kappa shape index (κ1) is 15.1. The highest BCUT2D eigenvalue weighted by atomic mass is 16.5. The van der Waals surface area contributed by atoms with Crippen LogP contribution < -0.4 is 5.73 Å². The van der Waals surface area contributed by atoms with Crippen molar-refractivity contribution in [1.82, 2.24) is 0 Å². The molecule has 0 aromatic heterocycles. The summed E-state index contributed by atoms with van der Waals surface area (Å²) in [6.45, 7) is 1.82. The largest absolute Gasteiger partial charge is 0.508 e. The molecule has 2 aromatic rings. The Bertz CT molecular complexity index is 581. The van der Waals surface area contributed by atoms with E-state index in [0.29, 0.717) is 6.42 Å². The molecular weight excluding hydrogens is 266 g/mol. The van der Waals surface area contributed by atoms with Gasteiger partial charge in [-0.2, -0.15) is 0 Å². The first-order valence-electron chi connectivity index (χ1n) is 6.85. The smallest absolute Gasteiger partial charge is 0.323 e. The van der Waals surface area contributed by atoms with Crippen LogP contribution in [0.1, 0.15) is 24.2 Å². The quantitative estimate of drug-likeness (QED) is 0.828. The van der Waals surface area contributed by atoms with Crippen LogP contribution in [-0.2, 0) is 16.0 Å². The van der Waals surface area contributed by atoms with Gasteiger partial charge in [0.2, 0.25) is 0 Å². The highest BCUT2D eigenvalue weighted by Gasteiger charge is 2.19. The van der Waals surface area contributed by atoms with E-state index in [2.05, 4.69) is 0 Å². The van der Waals surface area contributed by atoms with Crippen molar-refractivity contribution in [2.45, 2.75) is 25.5 Å². The third-order valence-electron chi connectivity index (χ3n) is 3.26. The number of carbonyl (C=O) groups is 1. The number of phenols is 1. The first-order chi connectivity index (χ1) is 10.1. The van der Waals surface area contributed by atoms with Gasteiger partial charge in [0.25, 0.3) is 0 Å². The van der Waals surface area contributed by atoms with E-state index >= 15 is 0 Å². The molecule has 0 aliphatic heterocycles. The molecule has 4 nitrogen and oxygen atoms in total. The number of carbonyl (C=O) groups excluding carboxylic acids is 1. The van der Waals surface area contributed by atoms with Gasteiger partial charge in [-0.3, -0.25) is 4.79 Å². The average Bonchev–Trinajstić information content (AvgIpc) is 2.50. The van der Waals surface area contributed by atoms with Crippen molar-refractivity contribution in [3.8, 4) is 5.75 Å². The Morgan fingerprint density at radius 2 is 1.76 bits per heavy atom. The van der Waals surface area contributed by atoms with Crippen molar-refractivity contribution < 1.29 is 14.6 Å². The van der Waals surface area contributed by atoms with Crippen LogP contribution in [0.2, 0.25) is 0 Å². The fourth-order valence-electron chi connectivity index (χ4n) is 2.02. The van der Waals surface area contributed by atoms with Crippen LogP contribution in [-0.4, -0.2) is 17.1 Å². The summed E-state index contributed by atoms with van der Waals surface area (Å²) in [4.78, 5) is 12.0. The zero-order chi connectivity index (χ0) is 15.2. The molecule has 2 atom stereocenters. The normalized spacial score (nSPS) is 13.4. The second kappa shape index (κ2) is 6.90. The number of nitrogens with two attached hydrogens (primary N) is 1. The van der Waals surface area contributed by atoms with Gasteiger partial charge in [-0.25, -0.2) is 0 Å². The molecule has 0 fully saturated rings. The van der Waals surface area contributed by atoms with Crippen molar-refractivity contribution in [3.63, 3.8) is 0 Å². The fraction of sp³-hybridized carbons (Fsp3) is 0.235. The van der Waals surface area contributed by atoms with E-state index in [4.69, 9.17) is 10.5 Å². The summed E-state index contributed by atoms with van der Waals surface area (Å²) in [6, 6.07) is 15.4. The Hall–Kier alpha value is -2.33. The van der Waals surface area contributed by atoms with Crippen LogP contribution in [0, 0.1) is 0 Å². The summed E-state index contributed by atoms with van der Waals surface area (Å²) in [5, 5.41) is 9.22. The van der Waals surface area contributed by atoms with Gasteiger partial charge < -0.3 is 15.6 Å². The van der Waals surface area contributed by atoms with Gasteiger partial charge >= 0.3 is 5.97 Å². The van der Waals surface area contributed by atoms with Crippen molar-refractivity contribution in [2.24, 2.45) is 5.73 Å². The molecule has 21 heavy (non-hydrogen) atoms. The second-order valence-corrected chi connectivity index (χ2v) is 4.97. The molecule has 0 spiro atoms. The Kier molecular flexibility index (Phi) is 4.95. The number of esters is 1. The third kappa shape index (κ3) is 4.33. The number of hydrogen-bond acceptors (Lipinski definition) is 4. The van der Waals surface area contributed by atoms with E-state index in [9.17, 15) is 9.90 Å². The number of hydrogen-bond donors (Lipinski definition) is 2. The van der Waals surface area contributed by atoms with E-state index < -0.39 is 12.0 Å². The van der Waals surface area contributed by atoms with Gasteiger partial charge in [-0.15, -0.1) is 0 Å². The fourth-order valence-corrected chi connectivity index (χ4v) is 2.02. The molecule has 4 heteroatoms. The number of ether oxygens (including phenoxy) is 1. The van der Waals surface area contributed by atoms with E-state index in [1.807, 2.05) is 37.3 Å². The predicted octanol–water partition coefficient (Wildman–Crippen LogP) is 2.57. The summed E-state index contributed by atoms with van der Waals surface area (Å²) in [5.74, 6) is -0.243. The maximum atomic E-state index is 12.0. The van der Waals surface area contributed by atoms with Crippen molar-refractivity contribution in [1.29, 1.82) is 0 Å². The Balaban J connectivity index is 1.92. The Labute approximate surface area is 124 Å². The van der Waals surface area contributed by atoms with Gasteiger partial charge in [-0.05, 0) is 36.6 Å².